The number of anilines is 1. The monoisotopic (exact) mass is 368 g/mol. The molecule has 1 amide bonds. The number of halogens is 3. The molecule has 2 rings (SSSR count). The van der Waals surface area contributed by atoms with Gasteiger partial charge in [0.15, 0.2) is 0 Å². The number of ether oxygens (including phenoxy) is 2. The van der Waals surface area contributed by atoms with E-state index in [2.05, 4.69) is 5.32 Å². The van der Waals surface area contributed by atoms with Gasteiger partial charge in [-0.15, -0.1) is 0 Å². The predicted octanol–water partition coefficient (Wildman–Crippen LogP) is 3.48. The van der Waals surface area contributed by atoms with E-state index in [0.29, 0.717) is 30.3 Å². The minimum absolute atomic E-state index is 0.140. The van der Waals surface area contributed by atoms with E-state index in [4.69, 9.17) is 9.47 Å². The van der Waals surface area contributed by atoms with Crippen molar-refractivity contribution in [3.05, 3.63) is 54.1 Å². The third-order valence-electron chi connectivity index (χ3n) is 3.37. The molecule has 0 unspecified atom stereocenters. The van der Waals surface area contributed by atoms with Crippen molar-refractivity contribution in [2.24, 2.45) is 0 Å². The summed E-state index contributed by atoms with van der Waals surface area (Å²) in [6.45, 7) is -0.693. The van der Waals surface area contributed by atoms with Gasteiger partial charge >= 0.3 is 6.18 Å². The third kappa shape index (κ3) is 6.19. The van der Waals surface area contributed by atoms with Crippen LogP contribution in [0.15, 0.2) is 48.5 Å². The molecule has 0 atom stereocenters. The zero-order valence-corrected chi connectivity index (χ0v) is 14.1. The Labute approximate surface area is 149 Å². The highest BCUT2D eigenvalue weighted by molar-refractivity contribution is 5.99. The van der Waals surface area contributed by atoms with Gasteiger partial charge in [-0.3, -0.25) is 4.79 Å². The molecule has 2 aromatic carbocycles. The Morgan fingerprint density at radius 1 is 1.04 bits per heavy atom. The minimum atomic E-state index is -4.45. The van der Waals surface area contributed by atoms with Crippen molar-refractivity contribution in [1.29, 1.82) is 0 Å². The molecule has 0 aliphatic heterocycles. The van der Waals surface area contributed by atoms with Crippen LogP contribution in [0.2, 0.25) is 0 Å². The van der Waals surface area contributed by atoms with E-state index in [9.17, 15) is 18.0 Å². The number of amides is 1. The quantitative estimate of drug-likeness (QED) is 0.701. The zero-order chi connectivity index (χ0) is 19.0. The molecule has 5 nitrogen and oxygen atoms in total. The Balaban J connectivity index is 1.86. The molecule has 0 aliphatic rings. The Hall–Kier alpha value is -2.90. The normalized spacial score (nSPS) is 10.9. The highest BCUT2D eigenvalue weighted by Gasteiger charge is 2.28. The SMILES string of the molecule is COc1ccc(OCCNc2ccccc2C(=O)NCC(F)(F)F)cc1. The smallest absolute Gasteiger partial charge is 0.405 e. The van der Waals surface area contributed by atoms with Crippen LogP contribution in [0.4, 0.5) is 18.9 Å². The minimum Gasteiger partial charge on any atom is -0.497 e. The van der Waals surface area contributed by atoms with Gasteiger partial charge in [-0.05, 0) is 36.4 Å². The second-order valence-corrected chi connectivity index (χ2v) is 5.29. The Kier molecular flexibility index (Phi) is 6.71. The number of alkyl halides is 3. The fraction of sp³-hybridized carbons (Fsp3) is 0.278. The lowest BCUT2D eigenvalue weighted by Crippen LogP contribution is -2.34. The molecule has 2 N–H and O–H groups in total. The molecule has 0 fully saturated rings. The van der Waals surface area contributed by atoms with Gasteiger partial charge in [0.2, 0.25) is 0 Å². The number of rotatable bonds is 8. The molecule has 140 valence electrons. The number of benzene rings is 2. The van der Waals surface area contributed by atoms with Crippen molar-refractivity contribution < 1.29 is 27.4 Å². The van der Waals surface area contributed by atoms with Gasteiger partial charge < -0.3 is 20.1 Å². The molecule has 0 heterocycles. The molecule has 26 heavy (non-hydrogen) atoms. The molecule has 0 bridgehead atoms. The maximum Gasteiger partial charge on any atom is 0.405 e. The summed E-state index contributed by atoms with van der Waals surface area (Å²) in [6.07, 6.45) is -4.45. The van der Waals surface area contributed by atoms with E-state index in [1.165, 1.54) is 6.07 Å². The van der Waals surface area contributed by atoms with Gasteiger partial charge in [0.1, 0.15) is 24.7 Å². The summed E-state index contributed by atoms with van der Waals surface area (Å²) in [5, 5.41) is 4.85. The van der Waals surface area contributed by atoms with Crippen LogP contribution in [0.25, 0.3) is 0 Å². The van der Waals surface area contributed by atoms with Crippen molar-refractivity contribution in [1.82, 2.24) is 5.32 Å². The molecule has 2 aromatic rings. The predicted molar refractivity (Wildman–Crippen MR) is 91.8 cm³/mol. The van der Waals surface area contributed by atoms with Crippen molar-refractivity contribution in [3.8, 4) is 11.5 Å². The van der Waals surface area contributed by atoms with Gasteiger partial charge in [0, 0.05) is 12.2 Å². The number of hydrogen-bond acceptors (Lipinski definition) is 4. The van der Waals surface area contributed by atoms with Crippen molar-refractivity contribution in [2.45, 2.75) is 6.18 Å². The van der Waals surface area contributed by atoms with Crippen LogP contribution in [-0.4, -0.2) is 38.9 Å². The first kappa shape index (κ1) is 19.4. The van der Waals surface area contributed by atoms with Gasteiger partial charge in [0.25, 0.3) is 5.91 Å². The van der Waals surface area contributed by atoms with Crippen LogP contribution in [0.1, 0.15) is 10.4 Å². The molecule has 0 spiro atoms. The summed E-state index contributed by atoms with van der Waals surface area (Å²) in [5.41, 5.74) is 0.576. The molecular weight excluding hydrogens is 349 g/mol. The second kappa shape index (κ2) is 8.98. The zero-order valence-electron chi connectivity index (χ0n) is 14.1. The average Bonchev–Trinajstić information content (AvgIpc) is 2.63. The van der Waals surface area contributed by atoms with Gasteiger partial charge in [-0.2, -0.15) is 13.2 Å². The van der Waals surface area contributed by atoms with Crippen LogP contribution in [0.3, 0.4) is 0 Å². The van der Waals surface area contributed by atoms with E-state index in [0.717, 1.165) is 0 Å². The van der Waals surface area contributed by atoms with Crippen molar-refractivity contribution in [2.75, 3.05) is 32.1 Å². The lowest BCUT2D eigenvalue weighted by atomic mass is 10.1. The molecule has 0 aromatic heterocycles. The van der Waals surface area contributed by atoms with Crippen molar-refractivity contribution >= 4 is 11.6 Å². The lowest BCUT2D eigenvalue weighted by molar-refractivity contribution is -0.123. The van der Waals surface area contributed by atoms with Crippen LogP contribution in [0, 0.1) is 0 Å². The largest absolute Gasteiger partial charge is 0.497 e. The molecular formula is C18H19F3N2O3. The summed E-state index contributed by atoms with van der Waals surface area (Å²) in [4.78, 5) is 11.9. The van der Waals surface area contributed by atoms with E-state index in [1.807, 2.05) is 5.32 Å². The van der Waals surface area contributed by atoms with Crippen LogP contribution >= 0.6 is 0 Å². The fourth-order valence-electron chi connectivity index (χ4n) is 2.14. The summed E-state index contributed by atoms with van der Waals surface area (Å²) in [5.74, 6) is 0.583. The van der Waals surface area contributed by atoms with Gasteiger partial charge in [-0.25, -0.2) is 0 Å². The highest BCUT2D eigenvalue weighted by Crippen LogP contribution is 2.18. The number of carbonyl (C=O) groups is 1. The molecule has 8 heteroatoms. The summed E-state index contributed by atoms with van der Waals surface area (Å²) in [6, 6.07) is 13.4. The summed E-state index contributed by atoms with van der Waals surface area (Å²) < 4.78 is 47.3. The maximum absolute atomic E-state index is 12.2. The number of nitrogens with one attached hydrogen (secondary N) is 2. The maximum atomic E-state index is 12.2. The molecule has 0 saturated heterocycles. The van der Waals surface area contributed by atoms with Crippen LogP contribution in [0.5, 0.6) is 11.5 Å². The summed E-state index contributed by atoms with van der Waals surface area (Å²) in [7, 11) is 1.57. The van der Waals surface area contributed by atoms with E-state index < -0.39 is 18.6 Å². The summed E-state index contributed by atoms with van der Waals surface area (Å²) >= 11 is 0. The van der Waals surface area contributed by atoms with E-state index in [1.54, 1.807) is 49.6 Å². The highest BCUT2D eigenvalue weighted by atomic mass is 19.4. The Morgan fingerprint density at radius 2 is 1.69 bits per heavy atom. The van der Waals surface area contributed by atoms with Gasteiger partial charge in [-0.1, -0.05) is 12.1 Å². The first-order valence-electron chi connectivity index (χ1n) is 7.84. The Morgan fingerprint density at radius 3 is 2.35 bits per heavy atom. The fourth-order valence-corrected chi connectivity index (χ4v) is 2.14. The van der Waals surface area contributed by atoms with Crippen LogP contribution < -0.4 is 20.1 Å². The second-order valence-electron chi connectivity index (χ2n) is 5.29. The number of carbonyl (C=O) groups excluding carboxylic acids is 1. The first-order chi connectivity index (χ1) is 12.4. The van der Waals surface area contributed by atoms with Gasteiger partial charge in [0.05, 0.1) is 12.7 Å². The number of para-hydroxylation sites is 1. The third-order valence-corrected chi connectivity index (χ3v) is 3.37. The first-order valence-corrected chi connectivity index (χ1v) is 7.84. The Bertz CT molecular complexity index is 718. The number of hydrogen-bond donors (Lipinski definition) is 2. The number of methoxy groups -OCH3 is 1. The van der Waals surface area contributed by atoms with E-state index in [-0.39, 0.29) is 5.56 Å². The molecule has 0 saturated carbocycles. The molecule has 0 radical (unpaired) electrons. The lowest BCUT2D eigenvalue weighted by Gasteiger charge is -2.13. The molecule has 0 aliphatic carbocycles. The topological polar surface area (TPSA) is 59.6 Å². The van der Waals surface area contributed by atoms with Crippen LogP contribution in [-0.2, 0) is 0 Å². The average molecular weight is 368 g/mol. The standard InChI is InChI=1S/C18H19F3N2O3/c1-25-13-6-8-14(9-7-13)26-11-10-22-16-5-3-2-4-15(16)17(24)23-12-18(19,20)21/h2-9,22H,10-12H2,1H3,(H,23,24). The van der Waals surface area contributed by atoms with E-state index >= 15 is 0 Å². The van der Waals surface area contributed by atoms with Crippen molar-refractivity contribution in [3.63, 3.8) is 0 Å².